The van der Waals surface area contributed by atoms with Crippen LogP contribution in [0.2, 0.25) is 0 Å². The number of anilines is 1. The number of nitrogens with zero attached hydrogens (tertiary/aromatic N) is 3. The highest BCUT2D eigenvalue weighted by Crippen LogP contribution is 2.13. The first-order valence-corrected chi connectivity index (χ1v) is 8.78. The Morgan fingerprint density at radius 1 is 1.04 bits per heavy atom. The summed E-state index contributed by atoms with van der Waals surface area (Å²) in [6.07, 6.45) is 4.93. The smallest absolute Gasteiger partial charge is 0.318 e. The number of aliphatic carboxylic acids is 1. The monoisotopic (exact) mass is 354 g/mol. The number of aromatic nitrogens is 2. The van der Waals surface area contributed by atoms with Gasteiger partial charge in [-0.15, -0.1) is 5.10 Å². The van der Waals surface area contributed by atoms with Gasteiger partial charge in [0.1, 0.15) is 0 Å². The Balaban J connectivity index is 1.54. The first-order valence-electron chi connectivity index (χ1n) is 8.78. The van der Waals surface area contributed by atoms with Gasteiger partial charge in [0.05, 0.1) is 19.8 Å². The Labute approximate surface area is 146 Å². The van der Waals surface area contributed by atoms with Gasteiger partial charge in [0.2, 0.25) is 11.8 Å². The summed E-state index contributed by atoms with van der Waals surface area (Å²) in [6.45, 7) is 2.96. The minimum absolute atomic E-state index is 0.0448. The number of carbonyl (C=O) groups excluding carboxylic acids is 1. The molecule has 0 saturated carbocycles. The van der Waals surface area contributed by atoms with Crippen LogP contribution in [0.3, 0.4) is 0 Å². The van der Waals surface area contributed by atoms with Crippen molar-refractivity contribution in [3.63, 3.8) is 0 Å². The van der Waals surface area contributed by atoms with E-state index in [-0.39, 0.29) is 18.9 Å². The molecule has 1 saturated heterocycles. The topological polar surface area (TPSA) is 118 Å². The Morgan fingerprint density at radius 3 is 2.44 bits per heavy atom. The fourth-order valence-corrected chi connectivity index (χ4v) is 2.55. The van der Waals surface area contributed by atoms with Crippen molar-refractivity contribution >= 4 is 17.9 Å². The predicted octanol–water partition coefficient (Wildman–Crippen LogP) is 1.34. The lowest BCUT2D eigenvalue weighted by molar-refractivity contribution is -0.137. The van der Waals surface area contributed by atoms with Crippen molar-refractivity contribution in [2.75, 3.05) is 31.2 Å². The van der Waals surface area contributed by atoms with Crippen LogP contribution in [0.15, 0.2) is 4.42 Å². The summed E-state index contributed by atoms with van der Waals surface area (Å²) in [7, 11) is 0. The van der Waals surface area contributed by atoms with Crippen molar-refractivity contribution in [3.8, 4) is 0 Å². The first kappa shape index (κ1) is 19.2. The lowest BCUT2D eigenvalue weighted by Crippen LogP contribution is -2.36. The Kier molecular flexibility index (Phi) is 8.17. The summed E-state index contributed by atoms with van der Waals surface area (Å²) in [6, 6.07) is 0.467. The molecular formula is C16H26N4O5. The molecule has 1 aromatic heterocycles. The van der Waals surface area contributed by atoms with Crippen molar-refractivity contribution < 1.29 is 23.8 Å². The average Bonchev–Trinajstić information content (AvgIpc) is 3.09. The number of nitrogens with one attached hydrogen (secondary N) is 1. The normalized spacial score (nSPS) is 14.5. The molecule has 0 spiro atoms. The van der Waals surface area contributed by atoms with E-state index in [9.17, 15) is 9.59 Å². The molecule has 0 atom stereocenters. The van der Waals surface area contributed by atoms with Gasteiger partial charge in [-0.3, -0.25) is 9.59 Å². The third-order valence-electron chi connectivity index (χ3n) is 3.97. The molecule has 9 heteroatoms. The first-order chi connectivity index (χ1) is 12.1. The number of morpholine rings is 1. The van der Waals surface area contributed by atoms with Crippen LogP contribution in [0.1, 0.15) is 50.8 Å². The number of amides is 1. The van der Waals surface area contributed by atoms with E-state index in [0.717, 1.165) is 38.8 Å². The van der Waals surface area contributed by atoms with Gasteiger partial charge in [0.15, 0.2) is 0 Å². The zero-order valence-electron chi connectivity index (χ0n) is 14.4. The quantitative estimate of drug-likeness (QED) is 0.572. The van der Waals surface area contributed by atoms with Gasteiger partial charge < -0.3 is 24.5 Å². The molecule has 2 rings (SSSR count). The molecule has 0 radical (unpaired) electrons. The van der Waals surface area contributed by atoms with E-state index in [1.165, 1.54) is 0 Å². The second-order valence-electron chi connectivity index (χ2n) is 6.02. The molecule has 0 unspecified atom stereocenters. The molecule has 1 aromatic rings. The Hall–Kier alpha value is -2.16. The van der Waals surface area contributed by atoms with E-state index in [0.29, 0.717) is 38.0 Å². The van der Waals surface area contributed by atoms with E-state index in [2.05, 4.69) is 15.5 Å². The summed E-state index contributed by atoms with van der Waals surface area (Å²) in [4.78, 5) is 24.1. The van der Waals surface area contributed by atoms with E-state index in [4.69, 9.17) is 14.3 Å². The van der Waals surface area contributed by atoms with Crippen LogP contribution in [-0.4, -0.2) is 53.5 Å². The van der Waals surface area contributed by atoms with Crippen molar-refractivity contribution in [1.82, 2.24) is 15.5 Å². The summed E-state index contributed by atoms with van der Waals surface area (Å²) >= 11 is 0. The van der Waals surface area contributed by atoms with Crippen molar-refractivity contribution in [2.24, 2.45) is 0 Å². The van der Waals surface area contributed by atoms with E-state index >= 15 is 0 Å². The summed E-state index contributed by atoms with van der Waals surface area (Å²) < 4.78 is 10.8. The summed E-state index contributed by atoms with van der Waals surface area (Å²) in [5, 5.41) is 19.3. The molecule has 1 fully saturated rings. The van der Waals surface area contributed by atoms with Gasteiger partial charge in [0.25, 0.3) is 0 Å². The van der Waals surface area contributed by atoms with E-state index in [1.54, 1.807) is 0 Å². The molecule has 140 valence electrons. The van der Waals surface area contributed by atoms with Gasteiger partial charge in [-0.25, -0.2) is 0 Å². The second kappa shape index (κ2) is 10.7. The van der Waals surface area contributed by atoms with Crippen LogP contribution in [0.4, 0.5) is 6.01 Å². The summed E-state index contributed by atoms with van der Waals surface area (Å²) in [5.41, 5.74) is 0. The van der Waals surface area contributed by atoms with Crippen molar-refractivity contribution in [2.45, 2.75) is 51.5 Å². The van der Waals surface area contributed by atoms with Crippen LogP contribution in [0.5, 0.6) is 0 Å². The molecule has 0 aliphatic carbocycles. The third kappa shape index (κ3) is 7.51. The van der Waals surface area contributed by atoms with Gasteiger partial charge >= 0.3 is 12.0 Å². The minimum Gasteiger partial charge on any atom is -0.481 e. The molecule has 0 bridgehead atoms. The second-order valence-corrected chi connectivity index (χ2v) is 6.02. The fraction of sp³-hybridized carbons (Fsp3) is 0.750. The average molecular weight is 354 g/mol. The van der Waals surface area contributed by atoms with Gasteiger partial charge in [-0.1, -0.05) is 24.4 Å². The molecular weight excluding hydrogens is 328 g/mol. The Morgan fingerprint density at radius 2 is 1.72 bits per heavy atom. The standard InChI is InChI=1S/C16H26N4O5/c21-13(6-4-2-1-3-5-7-15(22)23)17-12-14-18-19-16(25-14)20-8-10-24-11-9-20/h1-12H2,(H,17,21)(H,22,23). The van der Waals surface area contributed by atoms with Gasteiger partial charge in [-0.2, -0.15) is 0 Å². The highest BCUT2D eigenvalue weighted by Gasteiger charge is 2.17. The predicted molar refractivity (Wildman–Crippen MR) is 89.1 cm³/mol. The minimum atomic E-state index is -0.753. The van der Waals surface area contributed by atoms with Crippen molar-refractivity contribution in [3.05, 3.63) is 5.89 Å². The van der Waals surface area contributed by atoms with Crippen LogP contribution in [-0.2, 0) is 20.9 Å². The van der Waals surface area contributed by atoms with Crippen LogP contribution in [0, 0.1) is 0 Å². The van der Waals surface area contributed by atoms with Crippen LogP contribution < -0.4 is 10.2 Å². The molecule has 1 aliphatic rings. The SMILES string of the molecule is O=C(O)CCCCCCCC(=O)NCc1nnc(N2CCOCC2)o1. The number of carboxylic acid groups (broad SMARTS) is 1. The molecule has 0 aromatic carbocycles. The molecule has 2 heterocycles. The number of hydrogen-bond donors (Lipinski definition) is 2. The fourth-order valence-electron chi connectivity index (χ4n) is 2.55. The van der Waals surface area contributed by atoms with Crippen molar-refractivity contribution in [1.29, 1.82) is 0 Å². The lowest BCUT2D eigenvalue weighted by Gasteiger charge is -2.24. The maximum absolute atomic E-state index is 11.8. The highest BCUT2D eigenvalue weighted by molar-refractivity contribution is 5.75. The largest absolute Gasteiger partial charge is 0.481 e. The number of carboxylic acids is 1. The number of carbonyl (C=O) groups is 2. The zero-order chi connectivity index (χ0) is 17.9. The summed E-state index contributed by atoms with van der Waals surface area (Å²) in [5.74, 6) is -0.405. The van der Waals surface area contributed by atoms with Gasteiger partial charge in [-0.05, 0) is 12.8 Å². The lowest BCUT2D eigenvalue weighted by atomic mass is 10.1. The molecule has 9 nitrogen and oxygen atoms in total. The molecule has 25 heavy (non-hydrogen) atoms. The maximum Gasteiger partial charge on any atom is 0.318 e. The van der Waals surface area contributed by atoms with Gasteiger partial charge in [0, 0.05) is 25.9 Å². The number of ether oxygens (including phenoxy) is 1. The molecule has 1 amide bonds. The number of unbranched alkanes of at least 4 members (excludes halogenated alkanes) is 4. The maximum atomic E-state index is 11.8. The Bertz CT molecular complexity index is 542. The van der Waals surface area contributed by atoms with Crippen LogP contribution >= 0.6 is 0 Å². The third-order valence-corrected chi connectivity index (χ3v) is 3.97. The molecule has 1 aliphatic heterocycles. The molecule has 2 N–H and O–H groups in total. The zero-order valence-corrected chi connectivity index (χ0v) is 14.4. The number of hydrogen-bond acceptors (Lipinski definition) is 7. The van der Waals surface area contributed by atoms with E-state index < -0.39 is 5.97 Å². The highest BCUT2D eigenvalue weighted by atomic mass is 16.5. The van der Waals surface area contributed by atoms with E-state index in [1.807, 2.05) is 4.90 Å². The van der Waals surface area contributed by atoms with Crippen LogP contribution in [0.25, 0.3) is 0 Å². The number of rotatable bonds is 11.